The van der Waals surface area contributed by atoms with Gasteiger partial charge in [-0.3, -0.25) is 0 Å². The molecule has 2 atom stereocenters. The van der Waals surface area contributed by atoms with Crippen molar-refractivity contribution in [3.05, 3.63) is 18.2 Å². The molecular formula is C15H24N2O2. The standard InChI is InChI=1S/C15H24N2O2/c1-10(2)19-15-7-13(16)6-14(8-15)17-11(3)12-4-5-18-9-12/h6-8,10-12,17H,4-5,9,16H2,1-3H3. The van der Waals surface area contributed by atoms with Crippen LogP contribution in [0, 0.1) is 5.92 Å². The molecule has 3 N–H and O–H groups in total. The van der Waals surface area contributed by atoms with Gasteiger partial charge >= 0.3 is 0 Å². The van der Waals surface area contributed by atoms with Gasteiger partial charge in [0, 0.05) is 42.1 Å². The lowest BCUT2D eigenvalue weighted by Gasteiger charge is -2.21. The Balaban J connectivity index is 2.04. The van der Waals surface area contributed by atoms with Gasteiger partial charge in [0.1, 0.15) is 5.75 Å². The first kappa shape index (κ1) is 14.0. The van der Waals surface area contributed by atoms with Crippen molar-refractivity contribution < 1.29 is 9.47 Å². The van der Waals surface area contributed by atoms with Crippen LogP contribution >= 0.6 is 0 Å². The monoisotopic (exact) mass is 264 g/mol. The molecule has 0 saturated carbocycles. The first-order chi connectivity index (χ1) is 9.04. The number of benzene rings is 1. The van der Waals surface area contributed by atoms with E-state index in [0.29, 0.717) is 12.0 Å². The molecule has 0 aliphatic carbocycles. The normalized spacial score (nSPS) is 20.5. The summed E-state index contributed by atoms with van der Waals surface area (Å²) in [6.45, 7) is 7.91. The lowest BCUT2D eigenvalue weighted by atomic mass is 10.0. The molecule has 1 fully saturated rings. The molecule has 4 nitrogen and oxygen atoms in total. The minimum atomic E-state index is 0.148. The summed E-state index contributed by atoms with van der Waals surface area (Å²) >= 11 is 0. The van der Waals surface area contributed by atoms with Gasteiger partial charge in [0.25, 0.3) is 0 Å². The molecule has 19 heavy (non-hydrogen) atoms. The highest BCUT2D eigenvalue weighted by atomic mass is 16.5. The zero-order valence-corrected chi connectivity index (χ0v) is 12.0. The van der Waals surface area contributed by atoms with Crippen LogP contribution in [0.25, 0.3) is 0 Å². The van der Waals surface area contributed by atoms with Crippen molar-refractivity contribution in [2.75, 3.05) is 24.3 Å². The highest BCUT2D eigenvalue weighted by Gasteiger charge is 2.22. The number of hydrogen-bond acceptors (Lipinski definition) is 4. The Morgan fingerprint density at radius 2 is 2.11 bits per heavy atom. The molecule has 0 aromatic heterocycles. The molecule has 2 unspecified atom stereocenters. The summed E-state index contributed by atoms with van der Waals surface area (Å²) < 4.78 is 11.1. The molecule has 1 heterocycles. The lowest BCUT2D eigenvalue weighted by Crippen LogP contribution is -2.26. The molecular weight excluding hydrogens is 240 g/mol. The van der Waals surface area contributed by atoms with E-state index in [1.165, 1.54) is 0 Å². The lowest BCUT2D eigenvalue weighted by molar-refractivity contribution is 0.183. The third-order valence-electron chi connectivity index (χ3n) is 3.37. The Hall–Kier alpha value is -1.42. The van der Waals surface area contributed by atoms with Crippen LogP contribution in [0.5, 0.6) is 5.75 Å². The minimum Gasteiger partial charge on any atom is -0.491 e. The van der Waals surface area contributed by atoms with Crippen LogP contribution in [0.15, 0.2) is 18.2 Å². The van der Waals surface area contributed by atoms with Crippen LogP contribution in [-0.2, 0) is 4.74 Å². The van der Waals surface area contributed by atoms with Crippen LogP contribution in [0.3, 0.4) is 0 Å². The zero-order chi connectivity index (χ0) is 13.8. The number of nitrogens with two attached hydrogens (primary N) is 1. The quantitative estimate of drug-likeness (QED) is 0.803. The maximum atomic E-state index is 5.92. The second-order valence-electron chi connectivity index (χ2n) is 5.51. The van der Waals surface area contributed by atoms with E-state index in [1.807, 2.05) is 32.0 Å². The second-order valence-corrected chi connectivity index (χ2v) is 5.51. The van der Waals surface area contributed by atoms with Crippen molar-refractivity contribution in [2.45, 2.75) is 39.3 Å². The summed E-state index contributed by atoms with van der Waals surface area (Å²) in [6, 6.07) is 6.17. The third-order valence-corrected chi connectivity index (χ3v) is 3.37. The summed E-state index contributed by atoms with van der Waals surface area (Å²) in [7, 11) is 0. The van der Waals surface area contributed by atoms with Gasteiger partial charge in [-0.25, -0.2) is 0 Å². The highest BCUT2D eigenvalue weighted by Crippen LogP contribution is 2.26. The number of nitrogen functional groups attached to an aromatic ring is 1. The summed E-state index contributed by atoms with van der Waals surface area (Å²) in [5.41, 5.74) is 7.65. The van der Waals surface area contributed by atoms with Gasteiger partial charge in [-0.2, -0.15) is 0 Å². The van der Waals surface area contributed by atoms with Gasteiger partial charge < -0.3 is 20.5 Å². The summed E-state index contributed by atoms with van der Waals surface area (Å²) in [6.07, 6.45) is 1.27. The molecule has 1 aromatic rings. The van der Waals surface area contributed by atoms with Gasteiger partial charge in [-0.15, -0.1) is 0 Å². The molecule has 106 valence electrons. The smallest absolute Gasteiger partial charge is 0.123 e. The molecule has 1 saturated heterocycles. The van der Waals surface area contributed by atoms with Crippen molar-refractivity contribution >= 4 is 11.4 Å². The van der Waals surface area contributed by atoms with Gasteiger partial charge in [-0.1, -0.05) is 0 Å². The van der Waals surface area contributed by atoms with Crippen LogP contribution in [0.1, 0.15) is 27.2 Å². The van der Waals surface area contributed by atoms with Crippen LogP contribution in [0.4, 0.5) is 11.4 Å². The maximum Gasteiger partial charge on any atom is 0.123 e. The molecule has 4 heteroatoms. The van der Waals surface area contributed by atoms with E-state index in [1.54, 1.807) is 0 Å². The van der Waals surface area contributed by atoms with Gasteiger partial charge in [0.15, 0.2) is 0 Å². The summed E-state index contributed by atoms with van der Waals surface area (Å²) in [5.74, 6) is 1.38. The Labute approximate surface area is 115 Å². The predicted octanol–water partition coefficient (Wildman–Crippen LogP) is 2.89. The topological polar surface area (TPSA) is 56.5 Å². The first-order valence-electron chi connectivity index (χ1n) is 6.96. The number of ether oxygens (including phenoxy) is 2. The maximum absolute atomic E-state index is 5.92. The summed E-state index contributed by atoms with van der Waals surface area (Å²) in [4.78, 5) is 0. The summed E-state index contributed by atoms with van der Waals surface area (Å²) in [5, 5.41) is 3.50. The highest BCUT2D eigenvalue weighted by molar-refractivity contribution is 5.59. The third kappa shape index (κ3) is 4.03. The van der Waals surface area contributed by atoms with Crippen LogP contribution in [0.2, 0.25) is 0 Å². The van der Waals surface area contributed by atoms with Gasteiger partial charge in [-0.05, 0) is 33.3 Å². The van der Waals surface area contributed by atoms with E-state index in [-0.39, 0.29) is 6.10 Å². The largest absolute Gasteiger partial charge is 0.491 e. The van der Waals surface area contributed by atoms with Crippen LogP contribution in [-0.4, -0.2) is 25.4 Å². The second kappa shape index (κ2) is 6.15. The minimum absolute atomic E-state index is 0.148. The first-order valence-corrected chi connectivity index (χ1v) is 6.96. The van der Waals surface area contributed by atoms with Crippen molar-refractivity contribution in [3.8, 4) is 5.75 Å². The Kier molecular flexibility index (Phi) is 4.53. The van der Waals surface area contributed by atoms with E-state index in [0.717, 1.165) is 36.8 Å². The number of nitrogens with one attached hydrogen (secondary N) is 1. The van der Waals surface area contributed by atoms with E-state index >= 15 is 0 Å². The molecule has 1 aromatic carbocycles. The van der Waals surface area contributed by atoms with Crippen molar-refractivity contribution in [3.63, 3.8) is 0 Å². The van der Waals surface area contributed by atoms with Gasteiger partial charge in [0.2, 0.25) is 0 Å². The van der Waals surface area contributed by atoms with Crippen LogP contribution < -0.4 is 15.8 Å². The Bertz CT molecular complexity index is 415. The van der Waals surface area contributed by atoms with Crippen molar-refractivity contribution in [1.29, 1.82) is 0 Å². The number of anilines is 2. The molecule has 0 amide bonds. The average Bonchev–Trinajstić information content (AvgIpc) is 2.79. The number of rotatable bonds is 5. The average molecular weight is 264 g/mol. The molecule has 1 aliphatic rings. The fourth-order valence-electron chi connectivity index (χ4n) is 2.37. The SMILES string of the molecule is CC(C)Oc1cc(N)cc(NC(C)C2CCOC2)c1. The fourth-order valence-corrected chi connectivity index (χ4v) is 2.37. The zero-order valence-electron chi connectivity index (χ0n) is 12.0. The van der Waals surface area contributed by atoms with E-state index < -0.39 is 0 Å². The predicted molar refractivity (Wildman–Crippen MR) is 78.6 cm³/mol. The van der Waals surface area contributed by atoms with Crippen molar-refractivity contribution in [2.24, 2.45) is 5.92 Å². The molecule has 0 bridgehead atoms. The molecule has 1 aliphatic heterocycles. The Morgan fingerprint density at radius 3 is 2.74 bits per heavy atom. The van der Waals surface area contributed by atoms with E-state index in [4.69, 9.17) is 15.2 Å². The Morgan fingerprint density at radius 1 is 1.32 bits per heavy atom. The van der Waals surface area contributed by atoms with Crippen molar-refractivity contribution in [1.82, 2.24) is 0 Å². The molecule has 0 radical (unpaired) electrons. The van der Waals surface area contributed by atoms with Gasteiger partial charge in [0.05, 0.1) is 12.7 Å². The number of hydrogen-bond donors (Lipinski definition) is 2. The fraction of sp³-hybridized carbons (Fsp3) is 0.600. The van der Waals surface area contributed by atoms with E-state index in [9.17, 15) is 0 Å². The molecule has 2 rings (SSSR count). The van der Waals surface area contributed by atoms with E-state index in [2.05, 4.69) is 12.2 Å². The molecule has 0 spiro atoms.